The summed E-state index contributed by atoms with van der Waals surface area (Å²) in [5, 5.41) is 0.282. The van der Waals surface area contributed by atoms with E-state index >= 15 is 0 Å². The molecule has 0 amide bonds. The summed E-state index contributed by atoms with van der Waals surface area (Å²) in [4.78, 5) is 10.5. The third kappa shape index (κ3) is 2.45. The molecule has 1 aromatic carbocycles. The van der Waals surface area contributed by atoms with Crippen molar-refractivity contribution in [2.75, 3.05) is 0 Å². The van der Waals surface area contributed by atoms with Gasteiger partial charge in [0.2, 0.25) is 0 Å². The number of rotatable bonds is 3. The van der Waals surface area contributed by atoms with Gasteiger partial charge in [0.1, 0.15) is 0 Å². The molecule has 0 N–H and O–H groups in total. The first-order valence-corrected chi connectivity index (χ1v) is 4.53. The van der Waals surface area contributed by atoms with E-state index < -0.39 is 5.82 Å². The number of carbonyl (C=O) groups excluding carboxylic acids is 1. The molecular formula is C10H10ClFO2. The summed E-state index contributed by atoms with van der Waals surface area (Å²) in [6.07, 6.45) is 0.247. The van der Waals surface area contributed by atoms with E-state index in [1.54, 1.807) is 13.8 Å². The van der Waals surface area contributed by atoms with Gasteiger partial charge in [0.15, 0.2) is 17.9 Å². The Morgan fingerprint density at radius 1 is 1.50 bits per heavy atom. The maximum absolute atomic E-state index is 13.4. The lowest BCUT2D eigenvalue weighted by Gasteiger charge is -2.11. The van der Waals surface area contributed by atoms with E-state index in [1.165, 1.54) is 12.1 Å². The summed E-state index contributed by atoms with van der Waals surface area (Å²) in [6, 6.07) is 2.61. The Hall–Kier alpha value is -1.09. The van der Waals surface area contributed by atoms with Crippen molar-refractivity contribution in [1.29, 1.82) is 0 Å². The highest BCUT2D eigenvalue weighted by Gasteiger charge is 2.11. The van der Waals surface area contributed by atoms with Gasteiger partial charge in [-0.25, -0.2) is 4.39 Å². The highest BCUT2D eigenvalue weighted by atomic mass is 35.5. The zero-order chi connectivity index (χ0) is 10.7. The topological polar surface area (TPSA) is 26.3 Å². The molecule has 0 unspecified atom stereocenters. The van der Waals surface area contributed by atoms with E-state index in [0.29, 0.717) is 6.29 Å². The molecular weight excluding hydrogens is 207 g/mol. The number of ether oxygens (including phenoxy) is 1. The molecule has 76 valence electrons. The van der Waals surface area contributed by atoms with Crippen LogP contribution < -0.4 is 4.74 Å². The highest BCUT2D eigenvalue weighted by Crippen LogP contribution is 2.25. The number of carbonyl (C=O) groups is 1. The van der Waals surface area contributed by atoms with Crippen LogP contribution in [0.4, 0.5) is 4.39 Å². The second-order valence-electron chi connectivity index (χ2n) is 3.09. The molecule has 2 nitrogen and oxygen atoms in total. The zero-order valence-electron chi connectivity index (χ0n) is 7.88. The maximum Gasteiger partial charge on any atom is 0.175 e. The molecule has 4 heteroatoms. The van der Waals surface area contributed by atoms with Crippen LogP contribution in [0.5, 0.6) is 5.75 Å². The molecule has 0 atom stereocenters. The summed E-state index contributed by atoms with van der Waals surface area (Å²) < 4.78 is 18.5. The van der Waals surface area contributed by atoms with E-state index in [1.807, 2.05) is 0 Å². The van der Waals surface area contributed by atoms with Gasteiger partial charge in [0, 0.05) is 11.1 Å². The molecule has 0 saturated carbocycles. The van der Waals surface area contributed by atoms with Gasteiger partial charge in [0.05, 0.1) is 11.7 Å². The molecule has 0 aliphatic carbocycles. The molecule has 1 rings (SSSR count). The fourth-order valence-electron chi connectivity index (χ4n) is 1.01. The van der Waals surface area contributed by atoms with Gasteiger partial charge in [-0.3, -0.25) is 4.79 Å². The highest BCUT2D eigenvalue weighted by molar-refractivity contribution is 6.31. The fourth-order valence-corrected chi connectivity index (χ4v) is 1.23. The van der Waals surface area contributed by atoms with Gasteiger partial charge in [-0.05, 0) is 19.9 Å². The van der Waals surface area contributed by atoms with Crippen LogP contribution >= 0.6 is 11.6 Å². The molecule has 0 radical (unpaired) electrons. The van der Waals surface area contributed by atoms with E-state index in [4.69, 9.17) is 16.3 Å². The van der Waals surface area contributed by atoms with Crippen molar-refractivity contribution in [3.63, 3.8) is 0 Å². The third-order valence-corrected chi connectivity index (χ3v) is 1.74. The SMILES string of the molecule is CC(C)Oc1cc(Cl)cc(C=O)c1F. The largest absolute Gasteiger partial charge is 0.488 e. The van der Waals surface area contributed by atoms with Crippen LogP contribution in [0.3, 0.4) is 0 Å². The lowest BCUT2D eigenvalue weighted by atomic mass is 10.2. The molecule has 0 spiro atoms. The van der Waals surface area contributed by atoms with Crippen LogP contribution in [0.15, 0.2) is 12.1 Å². The minimum atomic E-state index is -0.668. The van der Waals surface area contributed by atoms with Crippen LogP contribution in [-0.2, 0) is 0 Å². The van der Waals surface area contributed by atoms with Crippen molar-refractivity contribution in [3.05, 3.63) is 28.5 Å². The lowest BCUT2D eigenvalue weighted by Crippen LogP contribution is -2.08. The van der Waals surface area contributed by atoms with Gasteiger partial charge < -0.3 is 4.74 Å². The first kappa shape index (κ1) is 11.0. The second kappa shape index (κ2) is 4.42. The molecule has 0 aromatic heterocycles. The molecule has 0 fully saturated rings. The predicted octanol–water partition coefficient (Wildman–Crippen LogP) is 3.08. The first-order chi connectivity index (χ1) is 6.54. The number of hydrogen-bond acceptors (Lipinski definition) is 2. The summed E-state index contributed by atoms with van der Waals surface area (Å²) in [6.45, 7) is 3.53. The molecule has 0 bridgehead atoms. The minimum Gasteiger partial charge on any atom is -0.488 e. The smallest absolute Gasteiger partial charge is 0.175 e. The Labute approximate surface area is 86.6 Å². The van der Waals surface area contributed by atoms with E-state index in [0.717, 1.165) is 0 Å². The van der Waals surface area contributed by atoms with Crippen molar-refractivity contribution in [2.24, 2.45) is 0 Å². The zero-order valence-corrected chi connectivity index (χ0v) is 8.64. The van der Waals surface area contributed by atoms with Gasteiger partial charge >= 0.3 is 0 Å². The third-order valence-electron chi connectivity index (χ3n) is 1.52. The quantitative estimate of drug-likeness (QED) is 0.726. The van der Waals surface area contributed by atoms with E-state index in [9.17, 15) is 9.18 Å². The van der Waals surface area contributed by atoms with Crippen molar-refractivity contribution in [3.8, 4) is 5.75 Å². The molecule has 14 heavy (non-hydrogen) atoms. The average molecular weight is 217 g/mol. The Morgan fingerprint density at radius 3 is 2.64 bits per heavy atom. The lowest BCUT2D eigenvalue weighted by molar-refractivity contribution is 0.111. The summed E-state index contributed by atoms with van der Waals surface area (Å²) >= 11 is 5.68. The van der Waals surface area contributed by atoms with Crippen molar-refractivity contribution in [1.82, 2.24) is 0 Å². The normalized spacial score (nSPS) is 10.4. The van der Waals surface area contributed by atoms with Crippen LogP contribution in [0.1, 0.15) is 24.2 Å². The monoisotopic (exact) mass is 216 g/mol. The van der Waals surface area contributed by atoms with Crippen LogP contribution in [0, 0.1) is 5.82 Å². The van der Waals surface area contributed by atoms with Gasteiger partial charge in [-0.2, -0.15) is 0 Å². The Bertz CT molecular complexity index is 350. The van der Waals surface area contributed by atoms with Gasteiger partial charge in [-0.15, -0.1) is 0 Å². The number of aldehydes is 1. The number of hydrogen-bond donors (Lipinski definition) is 0. The summed E-state index contributed by atoms with van der Waals surface area (Å²) in [5.41, 5.74) is -0.0897. The van der Waals surface area contributed by atoms with Crippen LogP contribution in [0.25, 0.3) is 0 Å². The van der Waals surface area contributed by atoms with Gasteiger partial charge in [-0.1, -0.05) is 11.6 Å². The maximum atomic E-state index is 13.4. The van der Waals surface area contributed by atoms with E-state index in [-0.39, 0.29) is 22.4 Å². The van der Waals surface area contributed by atoms with Crippen molar-refractivity contribution in [2.45, 2.75) is 20.0 Å². The standard InChI is InChI=1S/C10H10ClFO2/c1-6(2)14-9-4-8(11)3-7(5-13)10(9)12/h3-6H,1-2H3. The van der Waals surface area contributed by atoms with Crippen LogP contribution in [0.2, 0.25) is 5.02 Å². The molecule has 0 aliphatic heterocycles. The Morgan fingerprint density at radius 2 is 2.14 bits per heavy atom. The Kier molecular flexibility index (Phi) is 3.47. The second-order valence-corrected chi connectivity index (χ2v) is 3.53. The molecule has 0 aliphatic rings. The molecule has 1 aromatic rings. The number of benzene rings is 1. The molecule has 0 heterocycles. The minimum absolute atomic E-state index is 0.00889. The average Bonchev–Trinajstić information content (AvgIpc) is 2.09. The van der Waals surface area contributed by atoms with Crippen molar-refractivity contribution >= 4 is 17.9 Å². The summed E-state index contributed by atoms with van der Waals surface area (Å²) in [7, 11) is 0. The number of halogens is 2. The predicted molar refractivity (Wildman–Crippen MR) is 52.6 cm³/mol. The molecule has 0 saturated heterocycles. The van der Waals surface area contributed by atoms with Gasteiger partial charge in [0.25, 0.3) is 0 Å². The van der Waals surface area contributed by atoms with Crippen LogP contribution in [-0.4, -0.2) is 12.4 Å². The fraction of sp³-hybridized carbons (Fsp3) is 0.300. The van der Waals surface area contributed by atoms with E-state index in [2.05, 4.69) is 0 Å². The van der Waals surface area contributed by atoms with Crippen molar-refractivity contribution < 1.29 is 13.9 Å². The summed E-state index contributed by atoms with van der Waals surface area (Å²) in [5.74, 6) is -0.660. The Balaban J connectivity index is 3.15. The first-order valence-electron chi connectivity index (χ1n) is 4.15.